The Morgan fingerprint density at radius 1 is 1.14 bits per heavy atom. The van der Waals surface area contributed by atoms with Gasteiger partial charge in [-0.25, -0.2) is 9.48 Å². The van der Waals surface area contributed by atoms with Gasteiger partial charge in [0.05, 0.1) is 12.8 Å². The molecule has 0 radical (unpaired) electrons. The van der Waals surface area contributed by atoms with Crippen LogP contribution in [0.2, 0.25) is 0 Å². The molecule has 1 aromatic carbocycles. The number of nitrogen functional groups attached to an aromatic ring is 1. The van der Waals surface area contributed by atoms with E-state index in [4.69, 9.17) is 10.5 Å². The summed E-state index contributed by atoms with van der Waals surface area (Å²) in [6.07, 6.45) is -2.10. The van der Waals surface area contributed by atoms with Gasteiger partial charge in [-0.2, -0.15) is 4.98 Å². The highest BCUT2D eigenvalue weighted by atomic mass is 16.6. The van der Waals surface area contributed by atoms with Crippen molar-refractivity contribution >= 4 is 5.82 Å². The quantitative estimate of drug-likeness (QED) is 0.426. The van der Waals surface area contributed by atoms with Gasteiger partial charge in [0.25, 0.3) is 0 Å². The van der Waals surface area contributed by atoms with E-state index in [0.717, 1.165) is 10.1 Å². The lowest BCUT2D eigenvalue weighted by atomic mass is 10.1. The predicted octanol–water partition coefficient (Wildman–Crippen LogP) is -1.32. The average molecular weight is 386 g/mol. The summed E-state index contributed by atoms with van der Waals surface area (Å²) >= 11 is 0. The van der Waals surface area contributed by atoms with Gasteiger partial charge in [0.2, 0.25) is 0 Å². The molecule has 5 N–H and O–H groups in total. The standard InChI is InChI=1S/C17H18N6O5/c18-15-11(23-6-10(20-21-23)9-4-2-1-3-5-9)7-22(17(27)19-15)16-14(26)13(25)12(8-24)28-16/h1-7,12-14,16,24-26H,8H2,(H2,18,19,27)/t12-,13?,14?,16-/m1/s1. The average Bonchev–Trinajstić information content (AvgIpc) is 3.29. The Bertz CT molecular complexity index is 1040. The number of rotatable bonds is 4. The van der Waals surface area contributed by atoms with Crippen LogP contribution >= 0.6 is 0 Å². The molecule has 0 bridgehead atoms. The van der Waals surface area contributed by atoms with Crippen LogP contribution in [0, 0.1) is 0 Å². The van der Waals surface area contributed by atoms with Gasteiger partial charge in [-0.15, -0.1) is 5.10 Å². The summed E-state index contributed by atoms with van der Waals surface area (Å²) in [5.41, 5.74) is 6.78. The van der Waals surface area contributed by atoms with Crippen LogP contribution in [0.5, 0.6) is 0 Å². The predicted molar refractivity (Wildman–Crippen MR) is 96.3 cm³/mol. The van der Waals surface area contributed by atoms with Crippen molar-refractivity contribution < 1.29 is 20.1 Å². The third-order valence-electron chi connectivity index (χ3n) is 4.56. The molecule has 1 fully saturated rings. The van der Waals surface area contributed by atoms with Gasteiger partial charge in [-0.1, -0.05) is 35.5 Å². The highest BCUT2D eigenvalue weighted by Gasteiger charge is 2.44. The maximum absolute atomic E-state index is 12.3. The van der Waals surface area contributed by atoms with Gasteiger partial charge < -0.3 is 25.8 Å². The van der Waals surface area contributed by atoms with Crippen LogP contribution in [0.4, 0.5) is 5.82 Å². The van der Waals surface area contributed by atoms with Crippen molar-refractivity contribution in [3.05, 3.63) is 53.2 Å². The van der Waals surface area contributed by atoms with E-state index in [9.17, 15) is 20.1 Å². The molecule has 1 aliphatic heterocycles. The summed E-state index contributed by atoms with van der Waals surface area (Å²) in [5.74, 6) is -0.0856. The molecule has 4 atom stereocenters. The van der Waals surface area contributed by atoms with Gasteiger partial charge >= 0.3 is 5.69 Å². The molecule has 1 aliphatic rings. The zero-order chi connectivity index (χ0) is 19.8. The van der Waals surface area contributed by atoms with Crippen molar-refractivity contribution in [2.24, 2.45) is 0 Å². The van der Waals surface area contributed by atoms with E-state index >= 15 is 0 Å². The molecule has 3 aromatic rings. The van der Waals surface area contributed by atoms with E-state index in [0.29, 0.717) is 5.69 Å². The molecule has 0 saturated carbocycles. The van der Waals surface area contributed by atoms with Crippen LogP contribution in [0.15, 0.2) is 47.5 Å². The summed E-state index contributed by atoms with van der Waals surface area (Å²) in [6.45, 7) is -0.512. The Morgan fingerprint density at radius 2 is 1.89 bits per heavy atom. The highest BCUT2D eigenvalue weighted by molar-refractivity contribution is 5.59. The van der Waals surface area contributed by atoms with E-state index in [1.54, 1.807) is 6.20 Å². The second kappa shape index (κ2) is 7.13. The first-order chi connectivity index (χ1) is 13.5. The number of aliphatic hydroxyl groups is 3. The number of hydrogen-bond donors (Lipinski definition) is 4. The third kappa shape index (κ3) is 3.05. The van der Waals surface area contributed by atoms with Crippen LogP contribution in [-0.4, -0.2) is 64.8 Å². The number of anilines is 1. The molecule has 2 aromatic heterocycles. The van der Waals surface area contributed by atoms with Crippen molar-refractivity contribution in [2.45, 2.75) is 24.5 Å². The van der Waals surface area contributed by atoms with Gasteiger partial charge in [0.1, 0.15) is 29.7 Å². The van der Waals surface area contributed by atoms with Gasteiger partial charge in [0.15, 0.2) is 12.0 Å². The van der Waals surface area contributed by atoms with Crippen LogP contribution in [0.25, 0.3) is 16.9 Å². The Balaban J connectivity index is 1.73. The fourth-order valence-corrected chi connectivity index (χ4v) is 3.06. The van der Waals surface area contributed by atoms with Crippen molar-refractivity contribution in [1.82, 2.24) is 24.5 Å². The van der Waals surface area contributed by atoms with E-state index in [1.807, 2.05) is 30.3 Å². The minimum absolute atomic E-state index is 0.0856. The fraction of sp³-hybridized carbons (Fsp3) is 0.294. The van der Waals surface area contributed by atoms with Crippen LogP contribution in [0.1, 0.15) is 6.23 Å². The molecular weight excluding hydrogens is 368 g/mol. The molecule has 146 valence electrons. The first-order valence-electron chi connectivity index (χ1n) is 8.49. The Kier molecular flexibility index (Phi) is 4.65. The van der Waals surface area contributed by atoms with E-state index in [1.165, 1.54) is 10.9 Å². The second-order valence-corrected chi connectivity index (χ2v) is 6.34. The van der Waals surface area contributed by atoms with E-state index in [2.05, 4.69) is 15.3 Å². The maximum atomic E-state index is 12.3. The number of aliphatic hydroxyl groups excluding tert-OH is 3. The largest absolute Gasteiger partial charge is 0.394 e. The monoisotopic (exact) mass is 386 g/mol. The topological polar surface area (TPSA) is 162 Å². The first-order valence-corrected chi connectivity index (χ1v) is 8.49. The van der Waals surface area contributed by atoms with Crippen LogP contribution in [-0.2, 0) is 4.74 Å². The molecule has 3 heterocycles. The third-order valence-corrected chi connectivity index (χ3v) is 4.56. The summed E-state index contributed by atoms with van der Waals surface area (Å²) in [4.78, 5) is 16.0. The minimum Gasteiger partial charge on any atom is -0.394 e. The number of nitrogens with zero attached hydrogens (tertiary/aromatic N) is 5. The lowest BCUT2D eigenvalue weighted by Gasteiger charge is -2.18. The molecule has 4 rings (SSSR count). The number of nitrogens with two attached hydrogens (primary N) is 1. The first kappa shape index (κ1) is 18.3. The minimum atomic E-state index is -1.43. The molecule has 0 aliphatic carbocycles. The SMILES string of the molecule is Nc1nc(=O)n([C@@H]2O[C@H](CO)C(O)C2O)cc1-n1cc(-c2ccccc2)nn1. The maximum Gasteiger partial charge on any atom is 0.351 e. The number of hydrogen-bond acceptors (Lipinski definition) is 9. The zero-order valence-electron chi connectivity index (χ0n) is 14.5. The van der Waals surface area contributed by atoms with Crippen LogP contribution in [0.3, 0.4) is 0 Å². The van der Waals surface area contributed by atoms with E-state index in [-0.39, 0.29) is 11.5 Å². The molecule has 11 heteroatoms. The Hall–Kier alpha value is -3.12. The summed E-state index contributed by atoms with van der Waals surface area (Å²) in [7, 11) is 0. The second-order valence-electron chi connectivity index (χ2n) is 6.34. The lowest BCUT2D eigenvalue weighted by Crippen LogP contribution is -2.36. The Labute approximate surface area is 158 Å². The van der Waals surface area contributed by atoms with Gasteiger partial charge in [-0.05, 0) is 0 Å². The van der Waals surface area contributed by atoms with Gasteiger partial charge in [-0.3, -0.25) is 4.57 Å². The van der Waals surface area contributed by atoms with Crippen molar-refractivity contribution in [1.29, 1.82) is 0 Å². The molecule has 11 nitrogen and oxygen atoms in total. The molecule has 0 amide bonds. The summed E-state index contributed by atoms with van der Waals surface area (Å²) < 4.78 is 7.74. The summed E-state index contributed by atoms with van der Waals surface area (Å²) in [6, 6.07) is 9.36. The van der Waals surface area contributed by atoms with Crippen molar-refractivity contribution in [3.8, 4) is 16.9 Å². The van der Waals surface area contributed by atoms with Gasteiger partial charge in [0, 0.05) is 11.8 Å². The molecular formula is C17H18N6O5. The van der Waals surface area contributed by atoms with Crippen molar-refractivity contribution in [2.75, 3.05) is 12.3 Å². The number of benzene rings is 1. The lowest BCUT2D eigenvalue weighted by molar-refractivity contribution is -0.0549. The number of aromatic nitrogens is 5. The van der Waals surface area contributed by atoms with Crippen molar-refractivity contribution in [3.63, 3.8) is 0 Å². The fourth-order valence-electron chi connectivity index (χ4n) is 3.06. The zero-order valence-corrected chi connectivity index (χ0v) is 14.5. The molecule has 28 heavy (non-hydrogen) atoms. The highest BCUT2D eigenvalue weighted by Crippen LogP contribution is 2.29. The normalized spacial score (nSPS) is 24.5. The van der Waals surface area contributed by atoms with E-state index < -0.39 is 36.8 Å². The molecule has 2 unspecified atom stereocenters. The molecule has 0 spiro atoms. The van der Waals surface area contributed by atoms with Crippen LogP contribution < -0.4 is 11.4 Å². The Morgan fingerprint density at radius 3 is 2.57 bits per heavy atom. The molecule has 1 saturated heterocycles. The smallest absolute Gasteiger partial charge is 0.351 e. The number of ether oxygens (including phenoxy) is 1. The summed E-state index contributed by atoms with van der Waals surface area (Å²) in [5, 5.41) is 37.5.